The zero-order valence-corrected chi connectivity index (χ0v) is 14.4. The summed E-state index contributed by atoms with van der Waals surface area (Å²) in [5, 5.41) is 8.63. The zero-order chi connectivity index (χ0) is 17.6. The molecule has 130 valence electrons. The molecule has 0 saturated heterocycles. The Morgan fingerprint density at radius 2 is 2.20 bits per heavy atom. The Morgan fingerprint density at radius 1 is 1.36 bits per heavy atom. The number of aryl methyl sites for hydroxylation is 1. The van der Waals surface area contributed by atoms with E-state index in [1.807, 2.05) is 31.2 Å². The van der Waals surface area contributed by atoms with Crippen LogP contribution in [0.2, 0.25) is 5.02 Å². The maximum atomic E-state index is 12.1. The van der Waals surface area contributed by atoms with E-state index in [4.69, 9.17) is 20.9 Å². The fourth-order valence-corrected chi connectivity index (χ4v) is 2.44. The van der Waals surface area contributed by atoms with E-state index in [9.17, 15) is 4.79 Å². The van der Waals surface area contributed by atoms with Crippen LogP contribution in [-0.2, 0) is 24.3 Å². The Balaban J connectivity index is 1.57. The SMILES string of the molecule is CCCc1noc(COC(=O)c2cnn(Cc3ccccc3Cl)c2)n1. The smallest absolute Gasteiger partial charge is 0.341 e. The molecule has 2 aromatic heterocycles. The van der Waals surface area contributed by atoms with Crippen molar-refractivity contribution in [2.75, 3.05) is 0 Å². The molecule has 3 rings (SSSR count). The minimum absolute atomic E-state index is 0.0642. The Hall–Kier alpha value is -2.67. The van der Waals surface area contributed by atoms with Crippen molar-refractivity contribution in [2.24, 2.45) is 0 Å². The molecule has 3 aromatic rings. The van der Waals surface area contributed by atoms with Crippen molar-refractivity contribution in [1.82, 2.24) is 19.9 Å². The summed E-state index contributed by atoms with van der Waals surface area (Å²) in [5.74, 6) is 0.391. The number of benzene rings is 1. The van der Waals surface area contributed by atoms with Gasteiger partial charge in [-0.1, -0.05) is 41.9 Å². The molecule has 8 heteroatoms. The Kier molecular flexibility index (Phi) is 5.45. The van der Waals surface area contributed by atoms with Crippen molar-refractivity contribution in [2.45, 2.75) is 32.9 Å². The van der Waals surface area contributed by atoms with E-state index in [1.165, 1.54) is 6.20 Å². The summed E-state index contributed by atoms with van der Waals surface area (Å²) in [5.41, 5.74) is 1.27. The highest BCUT2D eigenvalue weighted by Gasteiger charge is 2.13. The first kappa shape index (κ1) is 17.2. The molecular weight excluding hydrogens is 344 g/mol. The highest BCUT2D eigenvalue weighted by Crippen LogP contribution is 2.16. The third kappa shape index (κ3) is 4.45. The van der Waals surface area contributed by atoms with Gasteiger partial charge in [0.2, 0.25) is 0 Å². The topological polar surface area (TPSA) is 83.0 Å². The molecule has 2 heterocycles. The lowest BCUT2D eigenvalue weighted by molar-refractivity contribution is 0.0429. The monoisotopic (exact) mass is 360 g/mol. The molecule has 0 unspecified atom stereocenters. The Labute approximate surface area is 149 Å². The van der Waals surface area contributed by atoms with E-state index >= 15 is 0 Å². The van der Waals surface area contributed by atoms with Gasteiger partial charge in [-0.2, -0.15) is 10.1 Å². The second kappa shape index (κ2) is 7.94. The van der Waals surface area contributed by atoms with Gasteiger partial charge in [-0.15, -0.1) is 0 Å². The van der Waals surface area contributed by atoms with Crippen LogP contribution >= 0.6 is 11.6 Å². The van der Waals surface area contributed by atoms with Crippen molar-refractivity contribution in [3.8, 4) is 0 Å². The first-order valence-corrected chi connectivity index (χ1v) is 8.28. The average molecular weight is 361 g/mol. The van der Waals surface area contributed by atoms with E-state index in [-0.39, 0.29) is 12.5 Å². The number of carbonyl (C=O) groups is 1. The van der Waals surface area contributed by atoms with Gasteiger partial charge in [-0.05, 0) is 18.1 Å². The number of ether oxygens (including phenoxy) is 1. The quantitative estimate of drug-likeness (QED) is 0.601. The fraction of sp³-hybridized carbons (Fsp3) is 0.294. The fourth-order valence-electron chi connectivity index (χ4n) is 2.24. The highest BCUT2D eigenvalue weighted by atomic mass is 35.5. The first-order chi connectivity index (χ1) is 12.2. The van der Waals surface area contributed by atoms with Crippen molar-refractivity contribution in [3.63, 3.8) is 0 Å². The van der Waals surface area contributed by atoms with Gasteiger partial charge in [-0.25, -0.2) is 4.79 Å². The molecule has 0 radical (unpaired) electrons. The van der Waals surface area contributed by atoms with E-state index in [1.54, 1.807) is 10.9 Å². The molecule has 0 atom stereocenters. The van der Waals surface area contributed by atoms with Gasteiger partial charge in [0.15, 0.2) is 12.4 Å². The van der Waals surface area contributed by atoms with Crippen LogP contribution in [0.1, 0.15) is 41.0 Å². The van der Waals surface area contributed by atoms with E-state index < -0.39 is 5.97 Å². The van der Waals surface area contributed by atoms with Crippen LogP contribution in [0.15, 0.2) is 41.2 Å². The van der Waals surface area contributed by atoms with Gasteiger partial charge in [0.05, 0.1) is 18.3 Å². The molecular formula is C17H17ClN4O3. The number of nitrogens with zero attached hydrogens (tertiary/aromatic N) is 4. The van der Waals surface area contributed by atoms with Crippen LogP contribution in [0.3, 0.4) is 0 Å². The third-order valence-electron chi connectivity index (χ3n) is 3.47. The molecule has 0 aliphatic carbocycles. The number of carbonyl (C=O) groups excluding carboxylic acids is 1. The molecule has 25 heavy (non-hydrogen) atoms. The molecule has 0 saturated carbocycles. The molecule has 0 fully saturated rings. The minimum Gasteiger partial charge on any atom is -0.452 e. The van der Waals surface area contributed by atoms with Gasteiger partial charge in [0.25, 0.3) is 5.89 Å². The second-order valence-electron chi connectivity index (χ2n) is 5.45. The predicted molar refractivity (Wildman–Crippen MR) is 90.2 cm³/mol. The number of rotatable bonds is 7. The summed E-state index contributed by atoms with van der Waals surface area (Å²) in [7, 11) is 0. The number of halogens is 1. The average Bonchev–Trinajstić information content (AvgIpc) is 3.25. The van der Waals surface area contributed by atoms with Gasteiger partial charge >= 0.3 is 5.97 Å². The van der Waals surface area contributed by atoms with Gasteiger partial charge in [0, 0.05) is 17.6 Å². The lowest BCUT2D eigenvalue weighted by atomic mass is 10.2. The molecule has 0 aliphatic rings. The van der Waals surface area contributed by atoms with E-state index in [0.717, 1.165) is 18.4 Å². The Bertz CT molecular complexity index is 859. The maximum absolute atomic E-state index is 12.1. The number of hydrogen-bond acceptors (Lipinski definition) is 6. The van der Waals surface area contributed by atoms with Crippen LogP contribution in [0.25, 0.3) is 0 Å². The number of hydrogen-bond donors (Lipinski definition) is 0. The van der Waals surface area contributed by atoms with Gasteiger partial charge in [-0.3, -0.25) is 4.68 Å². The Morgan fingerprint density at radius 3 is 3.00 bits per heavy atom. The molecule has 1 aromatic carbocycles. The summed E-state index contributed by atoms with van der Waals surface area (Å²) in [6.45, 7) is 2.43. The summed E-state index contributed by atoms with van der Waals surface area (Å²) < 4.78 is 11.8. The lowest BCUT2D eigenvalue weighted by Crippen LogP contribution is -2.05. The van der Waals surface area contributed by atoms with Crippen LogP contribution in [0.4, 0.5) is 0 Å². The number of esters is 1. The van der Waals surface area contributed by atoms with E-state index in [2.05, 4.69) is 15.2 Å². The van der Waals surface area contributed by atoms with Gasteiger partial charge < -0.3 is 9.26 Å². The van der Waals surface area contributed by atoms with E-state index in [0.29, 0.717) is 23.0 Å². The van der Waals surface area contributed by atoms with Crippen LogP contribution in [0, 0.1) is 0 Å². The van der Waals surface area contributed by atoms with Crippen molar-refractivity contribution < 1.29 is 14.1 Å². The van der Waals surface area contributed by atoms with Crippen LogP contribution < -0.4 is 0 Å². The molecule has 0 bridgehead atoms. The third-order valence-corrected chi connectivity index (χ3v) is 3.84. The largest absolute Gasteiger partial charge is 0.452 e. The number of aromatic nitrogens is 4. The standard InChI is InChI=1S/C17H17ClN4O3/c1-2-5-15-20-16(25-21-15)11-24-17(23)13-8-19-22(10-13)9-12-6-3-4-7-14(12)18/h3-4,6-8,10H,2,5,9,11H2,1H3. The first-order valence-electron chi connectivity index (χ1n) is 7.90. The molecule has 7 nitrogen and oxygen atoms in total. The lowest BCUT2D eigenvalue weighted by Gasteiger charge is -2.03. The minimum atomic E-state index is -0.499. The summed E-state index contributed by atoms with van der Waals surface area (Å²) in [6.07, 6.45) is 4.72. The predicted octanol–water partition coefficient (Wildman–Crippen LogP) is 3.28. The highest BCUT2D eigenvalue weighted by molar-refractivity contribution is 6.31. The van der Waals surface area contributed by atoms with Crippen LogP contribution in [0.5, 0.6) is 0 Å². The zero-order valence-electron chi connectivity index (χ0n) is 13.7. The normalized spacial score (nSPS) is 10.8. The van der Waals surface area contributed by atoms with Crippen molar-refractivity contribution in [1.29, 1.82) is 0 Å². The maximum Gasteiger partial charge on any atom is 0.341 e. The van der Waals surface area contributed by atoms with Gasteiger partial charge in [0.1, 0.15) is 0 Å². The molecule has 0 spiro atoms. The molecule has 0 N–H and O–H groups in total. The van der Waals surface area contributed by atoms with Crippen molar-refractivity contribution >= 4 is 17.6 Å². The van der Waals surface area contributed by atoms with Crippen LogP contribution in [-0.4, -0.2) is 25.9 Å². The van der Waals surface area contributed by atoms with Crippen molar-refractivity contribution in [3.05, 3.63) is 64.5 Å². The summed E-state index contributed by atoms with van der Waals surface area (Å²) in [6, 6.07) is 7.48. The molecule has 0 aliphatic heterocycles. The summed E-state index contributed by atoms with van der Waals surface area (Å²) in [4.78, 5) is 16.2. The second-order valence-corrected chi connectivity index (χ2v) is 5.86. The summed E-state index contributed by atoms with van der Waals surface area (Å²) >= 11 is 6.13. The molecule has 0 amide bonds.